The first kappa shape index (κ1) is 16.3. The van der Waals surface area contributed by atoms with Gasteiger partial charge in [-0.1, -0.05) is 36.5 Å². The number of aryl methyl sites for hydroxylation is 2. The first-order chi connectivity index (χ1) is 9.67. The van der Waals surface area contributed by atoms with Gasteiger partial charge in [-0.05, 0) is 23.5 Å². The Labute approximate surface area is 138 Å². The second-order valence-corrected chi connectivity index (χ2v) is 9.19. The molecule has 2 aromatic rings. The van der Waals surface area contributed by atoms with Crippen molar-refractivity contribution >= 4 is 46.2 Å². The second-order valence-electron chi connectivity index (χ2n) is 4.46. The molecule has 0 aliphatic carbocycles. The molecule has 0 bridgehead atoms. The van der Waals surface area contributed by atoms with Gasteiger partial charge in [0.2, 0.25) is 13.1 Å². The molecule has 0 unspecified atom stereocenters. The third-order valence-corrected chi connectivity index (χ3v) is 7.59. The van der Waals surface area contributed by atoms with Crippen molar-refractivity contribution in [3.05, 3.63) is 22.1 Å². The molecule has 110 valence electrons. The number of aromatic nitrogens is 2. The zero-order valence-electron chi connectivity index (χ0n) is 12.5. The molecule has 0 aliphatic rings. The third kappa shape index (κ3) is 3.78. The van der Waals surface area contributed by atoms with E-state index in [4.69, 9.17) is 0 Å². The van der Waals surface area contributed by atoms with Crippen LogP contribution in [0.25, 0.3) is 0 Å². The molecular formula is C14H22N2S4+2. The molecule has 0 aliphatic heterocycles. The fraction of sp³-hybridized carbons (Fsp3) is 0.571. The predicted octanol–water partition coefficient (Wildman–Crippen LogP) is 3.93. The molecule has 2 rings (SSSR count). The number of hydrogen-bond donors (Lipinski definition) is 0. The molecule has 0 radical (unpaired) electrons. The Morgan fingerprint density at radius 1 is 0.850 bits per heavy atom. The van der Waals surface area contributed by atoms with Gasteiger partial charge in [-0.25, -0.2) is 0 Å². The minimum atomic E-state index is 1.07. The summed E-state index contributed by atoms with van der Waals surface area (Å²) < 4.78 is 7.79. The minimum absolute atomic E-state index is 1.07. The van der Waals surface area contributed by atoms with E-state index < -0.39 is 0 Å². The van der Waals surface area contributed by atoms with E-state index in [0.29, 0.717) is 0 Å². The van der Waals surface area contributed by atoms with Crippen LogP contribution in [-0.2, 0) is 13.1 Å². The molecule has 0 fully saturated rings. The highest BCUT2D eigenvalue weighted by molar-refractivity contribution is 8.01. The summed E-state index contributed by atoms with van der Waals surface area (Å²) in [7, 11) is 0. The van der Waals surface area contributed by atoms with Crippen molar-refractivity contribution in [1.29, 1.82) is 0 Å². The van der Waals surface area contributed by atoms with Gasteiger partial charge < -0.3 is 0 Å². The van der Waals surface area contributed by atoms with Crippen LogP contribution in [0.15, 0.2) is 19.4 Å². The first-order valence-corrected chi connectivity index (χ1v) is 10.6. The largest absolute Gasteiger partial charge is 0.297 e. The van der Waals surface area contributed by atoms with Crippen LogP contribution in [0, 0.1) is 13.8 Å². The fourth-order valence-corrected chi connectivity index (χ4v) is 6.36. The van der Waals surface area contributed by atoms with Crippen molar-refractivity contribution < 1.29 is 9.13 Å². The van der Waals surface area contributed by atoms with Gasteiger partial charge in [0.1, 0.15) is 0 Å². The number of thioether (sulfide) groups is 2. The van der Waals surface area contributed by atoms with E-state index in [0.717, 1.165) is 24.6 Å². The molecule has 0 aromatic carbocycles. The number of nitrogens with zero attached hydrogens (tertiary/aromatic N) is 2. The van der Waals surface area contributed by atoms with Crippen LogP contribution in [-0.4, -0.2) is 11.5 Å². The molecule has 2 heterocycles. The van der Waals surface area contributed by atoms with Gasteiger partial charge in [0, 0.05) is 25.4 Å². The molecule has 0 saturated carbocycles. The van der Waals surface area contributed by atoms with E-state index in [1.165, 1.54) is 20.1 Å². The van der Waals surface area contributed by atoms with E-state index in [9.17, 15) is 0 Å². The third-order valence-electron chi connectivity index (χ3n) is 3.04. The van der Waals surface area contributed by atoms with Crippen LogP contribution in [0.5, 0.6) is 0 Å². The van der Waals surface area contributed by atoms with Crippen molar-refractivity contribution in [3.8, 4) is 0 Å². The maximum Gasteiger partial charge on any atom is 0.297 e. The summed E-state index contributed by atoms with van der Waals surface area (Å²) in [6, 6.07) is 0. The summed E-state index contributed by atoms with van der Waals surface area (Å²) in [5.74, 6) is 2.28. The van der Waals surface area contributed by atoms with Crippen LogP contribution in [0.3, 0.4) is 0 Å². The highest BCUT2D eigenvalue weighted by Crippen LogP contribution is 2.22. The van der Waals surface area contributed by atoms with Crippen molar-refractivity contribution in [1.82, 2.24) is 0 Å². The quantitative estimate of drug-likeness (QED) is 0.554. The zero-order chi connectivity index (χ0) is 14.5. The van der Waals surface area contributed by atoms with Crippen molar-refractivity contribution in [2.45, 2.75) is 49.5 Å². The Balaban J connectivity index is 2.12. The lowest BCUT2D eigenvalue weighted by Crippen LogP contribution is -2.47. The van der Waals surface area contributed by atoms with Gasteiger partial charge in [0.05, 0.1) is 10.8 Å². The number of rotatable bonds is 7. The van der Waals surface area contributed by atoms with Crippen LogP contribution in [0.2, 0.25) is 0 Å². The Bertz CT molecular complexity index is 509. The summed E-state index contributed by atoms with van der Waals surface area (Å²) in [6.07, 6.45) is 0. The van der Waals surface area contributed by atoms with E-state index in [-0.39, 0.29) is 0 Å². The maximum absolute atomic E-state index is 2.46. The van der Waals surface area contributed by atoms with Gasteiger partial charge in [-0.3, -0.25) is 0 Å². The van der Waals surface area contributed by atoms with E-state index in [1.807, 2.05) is 46.2 Å². The highest BCUT2D eigenvalue weighted by atomic mass is 32.2. The van der Waals surface area contributed by atoms with Crippen molar-refractivity contribution in [2.24, 2.45) is 0 Å². The van der Waals surface area contributed by atoms with Crippen LogP contribution >= 0.6 is 46.2 Å². The standard InChI is InChI=1S/C14H22N2S4/c1-5-17-13-15(11(3)9-19-13)7-8-16-12(4)10-20-14(16)18-6-2/h9-10H,5-8H2,1-4H3/q+2. The summed E-state index contributed by atoms with van der Waals surface area (Å²) in [5, 5.41) is 4.54. The lowest BCUT2D eigenvalue weighted by molar-refractivity contribution is -0.810. The van der Waals surface area contributed by atoms with Crippen molar-refractivity contribution in [2.75, 3.05) is 11.5 Å². The molecular weight excluding hydrogens is 324 g/mol. The van der Waals surface area contributed by atoms with E-state index in [1.54, 1.807) is 0 Å². The number of thiazole rings is 2. The lowest BCUT2D eigenvalue weighted by Gasteiger charge is -1.99. The Kier molecular flexibility index (Phi) is 6.39. The minimum Gasteiger partial charge on any atom is -0.174 e. The van der Waals surface area contributed by atoms with Crippen LogP contribution in [0.4, 0.5) is 0 Å². The normalized spacial score (nSPS) is 11.2. The lowest BCUT2D eigenvalue weighted by atomic mass is 10.4. The summed E-state index contributed by atoms with van der Waals surface area (Å²) in [6.45, 7) is 11.0. The SMILES string of the molecule is CCSc1scc(C)[n+]1CC[n+]1c(C)csc1SCC. The molecule has 2 nitrogen and oxygen atoms in total. The Hall–Kier alpha value is -0.0400. The second kappa shape index (κ2) is 7.82. The average Bonchev–Trinajstić information content (AvgIpc) is 2.94. The molecule has 0 amide bonds. The summed E-state index contributed by atoms with van der Waals surface area (Å²) in [5.41, 5.74) is 2.76. The monoisotopic (exact) mass is 346 g/mol. The molecule has 2 aromatic heterocycles. The van der Waals surface area contributed by atoms with Crippen LogP contribution < -0.4 is 9.13 Å². The predicted molar refractivity (Wildman–Crippen MR) is 91.3 cm³/mol. The topological polar surface area (TPSA) is 7.76 Å². The molecule has 0 saturated heterocycles. The highest BCUT2D eigenvalue weighted by Gasteiger charge is 2.23. The molecule has 0 atom stereocenters. The Morgan fingerprint density at radius 2 is 1.25 bits per heavy atom. The summed E-state index contributed by atoms with van der Waals surface area (Å²) in [4.78, 5) is 0. The summed E-state index contributed by atoms with van der Waals surface area (Å²) >= 11 is 7.64. The average molecular weight is 347 g/mol. The van der Waals surface area contributed by atoms with Crippen LogP contribution in [0.1, 0.15) is 25.2 Å². The molecule has 0 N–H and O–H groups in total. The molecule has 20 heavy (non-hydrogen) atoms. The van der Waals surface area contributed by atoms with Crippen molar-refractivity contribution in [3.63, 3.8) is 0 Å². The van der Waals surface area contributed by atoms with E-state index in [2.05, 4.69) is 47.6 Å². The molecule has 6 heteroatoms. The Morgan fingerprint density at radius 3 is 1.60 bits per heavy atom. The van der Waals surface area contributed by atoms with Gasteiger partial charge >= 0.3 is 0 Å². The van der Waals surface area contributed by atoms with Gasteiger partial charge in [-0.15, -0.1) is 0 Å². The fourth-order valence-electron chi connectivity index (χ4n) is 2.02. The zero-order valence-corrected chi connectivity index (χ0v) is 15.8. The molecule has 0 spiro atoms. The maximum atomic E-state index is 2.46. The van der Waals surface area contributed by atoms with E-state index >= 15 is 0 Å². The smallest absolute Gasteiger partial charge is 0.174 e. The van der Waals surface area contributed by atoms with Gasteiger partial charge in [0.25, 0.3) is 8.68 Å². The number of hydrogen-bond acceptors (Lipinski definition) is 4. The first-order valence-electron chi connectivity index (χ1n) is 6.88. The van der Waals surface area contributed by atoms with Gasteiger partial charge in [0.15, 0.2) is 11.4 Å². The van der Waals surface area contributed by atoms with Gasteiger partial charge in [-0.2, -0.15) is 9.13 Å².